The zero-order valence-corrected chi connectivity index (χ0v) is 22.7. The third kappa shape index (κ3) is 6.12. The zero-order valence-electron chi connectivity index (χ0n) is 22.7. The van der Waals surface area contributed by atoms with Crippen LogP contribution in [-0.2, 0) is 13.2 Å². The first-order valence-corrected chi connectivity index (χ1v) is 13.4. The molecule has 2 heterocycles. The molecule has 0 N–H and O–H groups in total. The molecule has 2 aromatic heterocycles. The van der Waals surface area contributed by atoms with Crippen LogP contribution in [0.25, 0.3) is 28.3 Å². The van der Waals surface area contributed by atoms with Crippen LogP contribution < -0.4 is 14.2 Å². The second-order valence-corrected chi connectivity index (χ2v) is 9.46. The van der Waals surface area contributed by atoms with E-state index in [1.54, 1.807) is 13.3 Å². The maximum Gasteiger partial charge on any atom is 0.162 e. The quantitative estimate of drug-likeness (QED) is 0.178. The van der Waals surface area contributed by atoms with Gasteiger partial charge in [0.25, 0.3) is 0 Å². The largest absolute Gasteiger partial charge is 0.497 e. The van der Waals surface area contributed by atoms with Crippen LogP contribution in [0.3, 0.4) is 0 Å². The molecule has 41 heavy (non-hydrogen) atoms. The Hall–Kier alpha value is -5.36. The van der Waals surface area contributed by atoms with Crippen LogP contribution in [0.2, 0.25) is 0 Å². The molecular weight excluding hydrogens is 510 g/mol. The fourth-order valence-electron chi connectivity index (χ4n) is 4.53. The molecule has 0 fully saturated rings. The molecule has 6 heteroatoms. The summed E-state index contributed by atoms with van der Waals surface area (Å²) < 4.78 is 19.9. The smallest absolute Gasteiger partial charge is 0.162 e. The lowest BCUT2D eigenvalue weighted by molar-refractivity contribution is 0.256. The van der Waals surface area contributed by atoms with E-state index in [1.165, 1.54) is 0 Å². The molecule has 0 radical (unpaired) electrons. The number of hydrogen-bond acceptors (Lipinski definition) is 5. The van der Waals surface area contributed by atoms with Gasteiger partial charge in [-0.25, -0.2) is 9.67 Å². The molecule has 0 saturated heterocycles. The predicted octanol–water partition coefficient (Wildman–Crippen LogP) is 7.77. The van der Waals surface area contributed by atoms with E-state index in [4.69, 9.17) is 19.3 Å². The second kappa shape index (κ2) is 12.2. The van der Waals surface area contributed by atoms with Crippen molar-refractivity contribution in [3.05, 3.63) is 145 Å². The minimum absolute atomic E-state index is 0.417. The summed E-state index contributed by atoms with van der Waals surface area (Å²) in [6.07, 6.45) is 1.76. The van der Waals surface area contributed by atoms with E-state index in [0.717, 1.165) is 39.4 Å². The highest BCUT2D eigenvalue weighted by molar-refractivity contribution is 5.72. The summed E-state index contributed by atoms with van der Waals surface area (Å²) in [7, 11) is 1.66. The predicted molar refractivity (Wildman–Crippen MR) is 160 cm³/mol. The Morgan fingerprint density at radius 2 is 1.32 bits per heavy atom. The molecular formula is C35H29N3O3. The lowest BCUT2D eigenvalue weighted by atomic mass is 10.1. The monoisotopic (exact) mass is 539 g/mol. The Labute approximate surface area is 239 Å². The highest BCUT2D eigenvalue weighted by atomic mass is 16.5. The van der Waals surface area contributed by atoms with Crippen molar-refractivity contribution in [2.45, 2.75) is 13.2 Å². The molecule has 0 spiro atoms. The lowest BCUT2D eigenvalue weighted by Crippen LogP contribution is -2.03. The average molecular weight is 540 g/mol. The normalized spacial score (nSPS) is 10.8. The van der Waals surface area contributed by atoms with Crippen LogP contribution in [-0.4, -0.2) is 21.9 Å². The number of ether oxygens (including phenoxy) is 3. The number of nitrogens with zero attached hydrogens (tertiary/aromatic N) is 3. The Morgan fingerprint density at radius 3 is 2.00 bits per heavy atom. The van der Waals surface area contributed by atoms with Crippen LogP contribution in [0, 0.1) is 0 Å². The third-order valence-corrected chi connectivity index (χ3v) is 6.65. The van der Waals surface area contributed by atoms with Gasteiger partial charge in [0, 0.05) is 17.3 Å². The third-order valence-electron chi connectivity index (χ3n) is 6.65. The summed E-state index contributed by atoms with van der Waals surface area (Å²) in [5.74, 6) is 2.81. The van der Waals surface area contributed by atoms with Gasteiger partial charge in [0.2, 0.25) is 0 Å². The number of benzene rings is 4. The van der Waals surface area contributed by atoms with Crippen molar-refractivity contribution >= 4 is 0 Å². The Kier molecular flexibility index (Phi) is 7.72. The Balaban J connectivity index is 1.40. The summed E-state index contributed by atoms with van der Waals surface area (Å²) in [6, 6.07) is 41.9. The number of rotatable bonds is 10. The van der Waals surface area contributed by atoms with E-state index in [-0.39, 0.29) is 0 Å². The van der Waals surface area contributed by atoms with Gasteiger partial charge >= 0.3 is 0 Å². The molecule has 0 aliphatic rings. The second-order valence-electron chi connectivity index (χ2n) is 9.46. The van der Waals surface area contributed by atoms with Gasteiger partial charge in [0.15, 0.2) is 17.3 Å². The van der Waals surface area contributed by atoms with Gasteiger partial charge in [-0.3, -0.25) is 0 Å². The van der Waals surface area contributed by atoms with Crippen LogP contribution in [0.4, 0.5) is 0 Å². The molecule has 0 aliphatic heterocycles. The molecule has 0 amide bonds. The maximum absolute atomic E-state index is 6.35. The highest BCUT2D eigenvalue weighted by Crippen LogP contribution is 2.36. The van der Waals surface area contributed by atoms with E-state index < -0.39 is 0 Å². The van der Waals surface area contributed by atoms with E-state index >= 15 is 0 Å². The molecule has 4 aromatic carbocycles. The van der Waals surface area contributed by atoms with Crippen LogP contribution in [0.15, 0.2) is 134 Å². The minimum Gasteiger partial charge on any atom is -0.497 e. The van der Waals surface area contributed by atoms with Crippen molar-refractivity contribution in [2.75, 3.05) is 7.11 Å². The number of aromatic nitrogens is 3. The summed E-state index contributed by atoms with van der Waals surface area (Å²) in [6.45, 7) is 0.855. The molecule has 0 bridgehead atoms. The van der Waals surface area contributed by atoms with Crippen molar-refractivity contribution in [1.82, 2.24) is 14.8 Å². The van der Waals surface area contributed by atoms with E-state index in [9.17, 15) is 0 Å². The van der Waals surface area contributed by atoms with Crippen LogP contribution >= 0.6 is 0 Å². The first kappa shape index (κ1) is 25.9. The summed E-state index contributed by atoms with van der Waals surface area (Å²) in [5, 5.41) is 4.95. The average Bonchev–Trinajstić information content (AvgIpc) is 3.50. The molecule has 202 valence electrons. The SMILES string of the molecule is COc1cccc(-c2cc(-c3ccc(OCc4ccccc4)c(OCc4ccccc4)c3)n(-c3ccccn3)n2)c1. The van der Waals surface area contributed by atoms with Gasteiger partial charge in [-0.05, 0) is 59.7 Å². The van der Waals surface area contributed by atoms with E-state index in [0.29, 0.717) is 30.5 Å². The lowest BCUT2D eigenvalue weighted by Gasteiger charge is -2.15. The fourth-order valence-corrected chi connectivity index (χ4v) is 4.53. The highest BCUT2D eigenvalue weighted by Gasteiger charge is 2.17. The van der Waals surface area contributed by atoms with Gasteiger partial charge < -0.3 is 14.2 Å². The van der Waals surface area contributed by atoms with Gasteiger partial charge in [0.1, 0.15) is 19.0 Å². The van der Waals surface area contributed by atoms with Gasteiger partial charge in [-0.2, -0.15) is 5.10 Å². The molecule has 6 aromatic rings. The minimum atomic E-state index is 0.417. The van der Waals surface area contributed by atoms with Crippen molar-refractivity contribution in [2.24, 2.45) is 0 Å². The van der Waals surface area contributed by atoms with Gasteiger partial charge in [0.05, 0.1) is 18.5 Å². The first-order chi connectivity index (χ1) is 20.3. The summed E-state index contributed by atoms with van der Waals surface area (Å²) in [4.78, 5) is 4.57. The van der Waals surface area contributed by atoms with Crippen molar-refractivity contribution in [3.63, 3.8) is 0 Å². The number of hydrogen-bond donors (Lipinski definition) is 0. The molecule has 6 nitrogen and oxygen atoms in total. The maximum atomic E-state index is 6.35. The Bertz CT molecular complexity index is 1720. The first-order valence-electron chi connectivity index (χ1n) is 13.4. The number of pyridine rings is 1. The molecule has 0 unspecified atom stereocenters. The fraction of sp³-hybridized carbons (Fsp3) is 0.0857. The van der Waals surface area contributed by atoms with Crippen LogP contribution in [0.1, 0.15) is 11.1 Å². The molecule has 0 atom stereocenters. The van der Waals surface area contributed by atoms with Crippen molar-refractivity contribution in [3.8, 4) is 45.6 Å². The van der Waals surface area contributed by atoms with E-state index in [2.05, 4.69) is 11.1 Å². The zero-order chi connectivity index (χ0) is 27.9. The summed E-state index contributed by atoms with van der Waals surface area (Å²) in [5.41, 5.74) is 5.71. The topological polar surface area (TPSA) is 58.4 Å². The molecule has 0 aliphatic carbocycles. The Morgan fingerprint density at radius 1 is 0.610 bits per heavy atom. The van der Waals surface area contributed by atoms with Crippen molar-refractivity contribution < 1.29 is 14.2 Å². The van der Waals surface area contributed by atoms with Crippen LogP contribution in [0.5, 0.6) is 17.2 Å². The standard InChI is InChI=1S/C35H29N3O3/c1-39-30-16-10-15-28(21-30)31-23-32(38(37-31)35-17-8-9-20-36-35)29-18-19-33(40-24-26-11-4-2-5-12-26)34(22-29)41-25-27-13-6-3-7-14-27/h2-23H,24-25H2,1H3. The number of methoxy groups -OCH3 is 1. The summed E-state index contributed by atoms with van der Waals surface area (Å²) >= 11 is 0. The van der Waals surface area contributed by atoms with Gasteiger partial charge in [-0.1, -0.05) is 78.9 Å². The molecule has 0 saturated carbocycles. The van der Waals surface area contributed by atoms with E-state index in [1.807, 2.05) is 126 Å². The van der Waals surface area contributed by atoms with Crippen molar-refractivity contribution in [1.29, 1.82) is 0 Å². The van der Waals surface area contributed by atoms with Gasteiger partial charge in [-0.15, -0.1) is 0 Å². The molecule has 6 rings (SSSR count).